The summed E-state index contributed by atoms with van der Waals surface area (Å²) in [4.78, 5) is 23.8. The fraction of sp³-hybridized carbons (Fsp3) is 0.500. The second-order valence-electron chi connectivity index (χ2n) is 5.51. The number of carbonyl (C=O) groups is 1. The second kappa shape index (κ2) is 5.99. The first-order valence-electron chi connectivity index (χ1n) is 6.74. The molecule has 1 fully saturated rings. The summed E-state index contributed by atoms with van der Waals surface area (Å²) in [6.45, 7) is 0.235. The number of aliphatic hydroxyl groups is 1. The van der Waals surface area contributed by atoms with Crippen molar-refractivity contribution in [1.82, 2.24) is 4.90 Å². The molecule has 1 aromatic rings. The summed E-state index contributed by atoms with van der Waals surface area (Å²) in [7, 11) is 1.59. The lowest BCUT2D eigenvalue weighted by atomic mass is 10.0. The minimum atomic E-state index is -0.836. The molecule has 2 rings (SSSR count). The number of nitro groups is 1. The molecule has 0 saturated heterocycles. The van der Waals surface area contributed by atoms with E-state index in [4.69, 9.17) is 11.6 Å². The van der Waals surface area contributed by atoms with Crippen molar-refractivity contribution in [2.45, 2.75) is 31.3 Å². The Hall–Kier alpha value is -1.66. The topological polar surface area (TPSA) is 83.7 Å². The van der Waals surface area contributed by atoms with E-state index in [9.17, 15) is 20.0 Å². The molecule has 7 heteroatoms. The molecule has 1 aromatic carbocycles. The Balaban J connectivity index is 2.14. The van der Waals surface area contributed by atoms with E-state index in [0.29, 0.717) is 12.8 Å². The molecule has 0 unspecified atom stereocenters. The summed E-state index contributed by atoms with van der Waals surface area (Å²) >= 11 is 5.95. The fourth-order valence-electron chi connectivity index (χ4n) is 2.70. The van der Waals surface area contributed by atoms with E-state index in [0.717, 1.165) is 18.9 Å². The Kier molecular flexibility index (Phi) is 4.49. The molecular formula is C14H17ClN2O4. The molecular weight excluding hydrogens is 296 g/mol. The molecule has 1 aliphatic carbocycles. The predicted molar refractivity (Wildman–Crippen MR) is 78.5 cm³/mol. The van der Waals surface area contributed by atoms with Crippen molar-refractivity contribution >= 4 is 23.2 Å². The zero-order valence-corrected chi connectivity index (χ0v) is 12.5. The molecule has 6 nitrogen and oxygen atoms in total. The quantitative estimate of drug-likeness (QED) is 0.684. The number of hydrogen-bond donors (Lipinski definition) is 1. The zero-order chi connectivity index (χ0) is 15.6. The van der Waals surface area contributed by atoms with Gasteiger partial charge in [-0.15, -0.1) is 0 Å². The van der Waals surface area contributed by atoms with Gasteiger partial charge in [0, 0.05) is 25.7 Å². The highest BCUT2D eigenvalue weighted by Gasteiger charge is 2.34. The zero-order valence-electron chi connectivity index (χ0n) is 11.7. The average Bonchev–Trinajstić information content (AvgIpc) is 2.84. The molecule has 114 valence electrons. The van der Waals surface area contributed by atoms with Gasteiger partial charge in [-0.25, -0.2) is 0 Å². The number of hydrogen-bond acceptors (Lipinski definition) is 4. The van der Waals surface area contributed by atoms with E-state index >= 15 is 0 Å². The maximum absolute atomic E-state index is 12.3. The van der Waals surface area contributed by atoms with Crippen LogP contribution in [0.4, 0.5) is 5.69 Å². The second-order valence-corrected chi connectivity index (χ2v) is 5.92. The van der Waals surface area contributed by atoms with Crippen LogP contribution < -0.4 is 0 Å². The first-order valence-corrected chi connectivity index (χ1v) is 7.12. The first kappa shape index (κ1) is 15.7. The highest BCUT2D eigenvalue weighted by molar-refractivity contribution is 6.34. The van der Waals surface area contributed by atoms with Gasteiger partial charge in [0.25, 0.3) is 11.6 Å². The van der Waals surface area contributed by atoms with E-state index < -0.39 is 10.5 Å². The number of amides is 1. The van der Waals surface area contributed by atoms with Gasteiger partial charge in [-0.1, -0.05) is 24.4 Å². The van der Waals surface area contributed by atoms with Crippen LogP contribution in [0.1, 0.15) is 36.0 Å². The third-order valence-electron chi connectivity index (χ3n) is 3.81. The maximum Gasteiger partial charge on any atom is 0.270 e. The molecule has 1 N–H and O–H groups in total. The lowest BCUT2D eigenvalue weighted by Gasteiger charge is -2.28. The number of nitro benzene ring substituents is 1. The lowest BCUT2D eigenvalue weighted by Crippen LogP contribution is -2.42. The van der Waals surface area contributed by atoms with Crippen molar-refractivity contribution in [1.29, 1.82) is 0 Å². The standard InChI is InChI=1S/C14H17ClN2O4/c1-16(9-14(19)6-2-3-7-14)13(18)11-5-4-10(17(20)21)8-12(11)15/h4-5,8,19H,2-3,6-7,9H2,1H3. The minimum absolute atomic E-state index is 0.0412. The Morgan fingerprint density at radius 1 is 1.48 bits per heavy atom. The van der Waals surface area contributed by atoms with Crippen molar-refractivity contribution in [2.75, 3.05) is 13.6 Å². The molecule has 21 heavy (non-hydrogen) atoms. The third-order valence-corrected chi connectivity index (χ3v) is 4.12. The first-order chi connectivity index (χ1) is 9.82. The number of likely N-dealkylation sites (N-methyl/N-ethyl adjacent to an activating group) is 1. The molecule has 0 atom stereocenters. The van der Waals surface area contributed by atoms with E-state index in [2.05, 4.69) is 0 Å². The Morgan fingerprint density at radius 3 is 2.62 bits per heavy atom. The minimum Gasteiger partial charge on any atom is -0.388 e. The Labute approximate surface area is 127 Å². The van der Waals surface area contributed by atoms with Crippen molar-refractivity contribution in [3.63, 3.8) is 0 Å². The van der Waals surface area contributed by atoms with Crippen LogP contribution in [0.25, 0.3) is 0 Å². The number of carbonyl (C=O) groups excluding carboxylic acids is 1. The number of benzene rings is 1. The SMILES string of the molecule is CN(CC1(O)CCCC1)C(=O)c1ccc([N+](=O)[O-])cc1Cl. The molecule has 0 aromatic heterocycles. The van der Waals surface area contributed by atoms with Crippen LogP contribution in [0.2, 0.25) is 5.02 Å². The third kappa shape index (κ3) is 3.51. The molecule has 0 bridgehead atoms. The van der Waals surface area contributed by atoms with Crippen LogP contribution >= 0.6 is 11.6 Å². The van der Waals surface area contributed by atoms with Crippen LogP contribution in [0, 0.1) is 10.1 Å². The summed E-state index contributed by atoms with van der Waals surface area (Å²) < 4.78 is 0. The average molecular weight is 313 g/mol. The smallest absolute Gasteiger partial charge is 0.270 e. The van der Waals surface area contributed by atoms with Crippen LogP contribution in [-0.4, -0.2) is 40.0 Å². The number of halogens is 1. The highest BCUT2D eigenvalue weighted by Crippen LogP contribution is 2.31. The van der Waals surface area contributed by atoms with Crippen LogP contribution in [0.15, 0.2) is 18.2 Å². The van der Waals surface area contributed by atoms with Gasteiger partial charge >= 0.3 is 0 Å². The molecule has 1 saturated carbocycles. The van der Waals surface area contributed by atoms with Gasteiger partial charge in [0.05, 0.1) is 21.1 Å². The van der Waals surface area contributed by atoms with E-state index in [-0.39, 0.29) is 28.7 Å². The Morgan fingerprint density at radius 2 is 2.10 bits per heavy atom. The lowest BCUT2D eigenvalue weighted by molar-refractivity contribution is -0.384. The molecule has 0 radical (unpaired) electrons. The summed E-state index contributed by atoms with van der Waals surface area (Å²) in [6.07, 6.45) is 3.27. The molecule has 0 heterocycles. The predicted octanol–water partition coefficient (Wildman–Crippen LogP) is 2.63. The Bertz CT molecular complexity index is 570. The van der Waals surface area contributed by atoms with Gasteiger partial charge in [0.1, 0.15) is 0 Å². The number of non-ortho nitro benzene ring substituents is 1. The molecule has 1 aliphatic rings. The maximum atomic E-state index is 12.3. The molecule has 1 amide bonds. The monoisotopic (exact) mass is 312 g/mol. The summed E-state index contributed by atoms with van der Waals surface area (Å²) in [5.74, 6) is -0.352. The van der Waals surface area contributed by atoms with Gasteiger partial charge in [-0.2, -0.15) is 0 Å². The van der Waals surface area contributed by atoms with E-state index in [1.165, 1.54) is 17.0 Å². The van der Waals surface area contributed by atoms with E-state index in [1.54, 1.807) is 7.05 Å². The van der Waals surface area contributed by atoms with Crippen LogP contribution in [-0.2, 0) is 0 Å². The van der Waals surface area contributed by atoms with Crippen LogP contribution in [0.3, 0.4) is 0 Å². The van der Waals surface area contributed by atoms with Crippen molar-refractivity contribution in [3.8, 4) is 0 Å². The normalized spacial score (nSPS) is 16.7. The van der Waals surface area contributed by atoms with E-state index in [1.807, 2.05) is 0 Å². The van der Waals surface area contributed by atoms with Gasteiger partial charge in [0.15, 0.2) is 0 Å². The highest BCUT2D eigenvalue weighted by atomic mass is 35.5. The summed E-state index contributed by atoms with van der Waals surface area (Å²) in [5.41, 5.74) is -0.794. The van der Waals surface area contributed by atoms with Crippen molar-refractivity contribution in [3.05, 3.63) is 38.9 Å². The number of rotatable bonds is 4. The number of nitrogens with zero attached hydrogens (tertiary/aromatic N) is 2. The largest absolute Gasteiger partial charge is 0.388 e. The van der Waals surface area contributed by atoms with Gasteiger partial charge in [0.2, 0.25) is 0 Å². The van der Waals surface area contributed by atoms with Gasteiger partial charge in [-0.3, -0.25) is 14.9 Å². The van der Waals surface area contributed by atoms with Gasteiger partial charge < -0.3 is 10.0 Å². The molecule has 0 spiro atoms. The van der Waals surface area contributed by atoms with Crippen molar-refractivity contribution in [2.24, 2.45) is 0 Å². The summed E-state index contributed by atoms with van der Waals surface area (Å²) in [6, 6.07) is 3.75. The molecule has 0 aliphatic heterocycles. The van der Waals surface area contributed by atoms with Gasteiger partial charge in [-0.05, 0) is 18.9 Å². The summed E-state index contributed by atoms with van der Waals surface area (Å²) in [5, 5.41) is 21.0. The van der Waals surface area contributed by atoms with Crippen molar-refractivity contribution < 1.29 is 14.8 Å². The van der Waals surface area contributed by atoms with Crippen LogP contribution in [0.5, 0.6) is 0 Å². The fourth-order valence-corrected chi connectivity index (χ4v) is 2.96.